The van der Waals surface area contributed by atoms with Crippen molar-refractivity contribution in [3.63, 3.8) is 0 Å². The van der Waals surface area contributed by atoms with Crippen molar-refractivity contribution in [1.82, 2.24) is 15.5 Å². The van der Waals surface area contributed by atoms with Gasteiger partial charge in [0.1, 0.15) is 5.75 Å². The normalized spacial score (nSPS) is 19.9. The standard InChI is InChI=1S/C20H31N3O4/c1-4-23(13-19(24)25)17-11-16(12-17)22-20(26)21-14(2)5-6-15-7-9-18(27-3)10-8-15/h7-10,14,16-17H,4-6,11-13H2,1-3H3,(H,24,25)(H2,21,22,26). The number of aryl methyl sites for hydroxylation is 1. The van der Waals surface area contributed by atoms with Crippen LogP contribution in [0.3, 0.4) is 0 Å². The van der Waals surface area contributed by atoms with Crippen molar-refractivity contribution in [1.29, 1.82) is 0 Å². The number of nitrogens with one attached hydrogen (secondary N) is 2. The van der Waals surface area contributed by atoms with Crippen LogP contribution < -0.4 is 15.4 Å². The summed E-state index contributed by atoms with van der Waals surface area (Å²) in [4.78, 5) is 24.9. The van der Waals surface area contributed by atoms with Gasteiger partial charge in [0, 0.05) is 18.1 Å². The molecular formula is C20H31N3O4. The molecule has 1 aliphatic carbocycles. The third kappa shape index (κ3) is 6.75. The second kappa shape index (κ2) is 10.2. The van der Waals surface area contributed by atoms with E-state index in [1.54, 1.807) is 7.11 Å². The molecule has 0 bridgehead atoms. The average molecular weight is 377 g/mol. The Morgan fingerprint density at radius 3 is 2.52 bits per heavy atom. The van der Waals surface area contributed by atoms with E-state index in [0.29, 0.717) is 6.54 Å². The first-order valence-electron chi connectivity index (χ1n) is 9.57. The van der Waals surface area contributed by atoms with E-state index in [-0.39, 0.29) is 30.7 Å². The summed E-state index contributed by atoms with van der Waals surface area (Å²) in [5.41, 5.74) is 1.21. The smallest absolute Gasteiger partial charge is 0.317 e. The van der Waals surface area contributed by atoms with E-state index in [1.165, 1.54) is 5.56 Å². The molecule has 0 spiro atoms. The maximum Gasteiger partial charge on any atom is 0.317 e. The van der Waals surface area contributed by atoms with Crippen molar-refractivity contribution in [3.8, 4) is 5.75 Å². The van der Waals surface area contributed by atoms with Crippen LogP contribution in [0.5, 0.6) is 5.75 Å². The van der Waals surface area contributed by atoms with Gasteiger partial charge >= 0.3 is 12.0 Å². The molecule has 0 aromatic heterocycles. The van der Waals surface area contributed by atoms with Crippen molar-refractivity contribution in [2.24, 2.45) is 0 Å². The Morgan fingerprint density at radius 2 is 1.96 bits per heavy atom. The number of rotatable bonds is 10. The molecule has 150 valence electrons. The van der Waals surface area contributed by atoms with Crippen molar-refractivity contribution in [3.05, 3.63) is 29.8 Å². The van der Waals surface area contributed by atoms with E-state index >= 15 is 0 Å². The van der Waals surface area contributed by atoms with Gasteiger partial charge in [-0.3, -0.25) is 9.69 Å². The predicted octanol–water partition coefficient (Wildman–Crippen LogP) is 2.25. The largest absolute Gasteiger partial charge is 0.497 e. The molecule has 0 heterocycles. The van der Waals surface area contributed by atoms with E-state index in [4.69, 9.17) is 9.84 Å². The van der Waals surface area contributed by atoms with Gasteiger partial charge in [0.25, 0.3) is 0 Å². The van der Waals surface area contributed by atoms with Crippen LogP contribution in [0.25, 0.3) is 0 Å². The van der Waals surface area contributed by atoms with Gasteiger partial charge in [0.05, 0.1) is 13.7 Å². The van der Waals surface area contributed by atoms with Crippen LogP contribution in [0.15, 0.2) is 24.3 Å². The maximum atomic E-state index is 12.1. The fourth-order valence-corrected chi connectivity index (χ4v) is 3.38. The molecule has 0 saturated heterocycles. The Bertz CT molecular complexity index is 614. The number of methoxy groups -OCH3 is 1. The number of nitrogens with zero attached hydrogens (tertiary/aromatic N) is 1. The molecule has 1 aliphatic rings. The quantitative estimate of drug-likeness (QED) is 0.582. The van der Waals surface area contributed by atoms with Gasteiger partial charge in [-0.15, -0.1) is 0 Å². The Balaban J connectivity index is 1.64. The number of likely N-dealkylation sites (N-methyl/N-ethyl adjacent to an activating group) is 1. The SMILES string of the molecule is CCN(CC(=O)O)C1CC(NC(=O)NC(C)CCc2ccc(OC)cc2)C1. The summed E-state index contributed by atoms with van der Waals surface area (Å²) in [6.45, 7) is 4.72. The molecule has 7 heteroatoms. The lowest BCUT2D eigenvalue weighted by molar-refractivity contribution is -0.139. The number of hydrogen-bond donors (Lipinski definition) is 3. The summed E-state index contributed by atoms with van der Waals surface area (Å²) in [5.74, 6) is 0.0322. The maximum absolute atomic E-state index is 12.1. The number of benzene rings is 1. The highest BCUT2D eigenvalue weighted by atomic mass is 16.5. The minimum absolute atomic E-state index is 0.0580. The highest BCUT2D eigenvalue weighted by Gasteiger charge is 2.34. The molecule has 0 aliphatic heterocycles. The topological polar surface area (TPSA) is 90.9 Å². The molecule has 3 N–H and O–H groups in total. The van der Waals surface area contributed by atoms with Crippen molar-refractivity contribution in [2.45, 2.75) is 57.7 Å². The second-order valence-electron chi connectivity index (χ2n) is 7.18. The average Bonchev–Trinajstić information content (AvgIpc) is 2.61. The second-order valence-corrected chi connectivity index (χ2v) is 7.18. The lowest BCUT2D eigenvalue weighted by Gasteiger charge is -2.42. The van der Waals surface area contributed by atoms with Crippen molar-refractivity contribution in [2.75, 3.05) is 20.2 Å². The zero-order chi connectivity index (χ0) is 19.8. The summed E-state index contributed by atoms with van der Waals surface area (Å²) in [5, 5.41) is 14.9. The van der Waals surface area contributed by atoms with Crippen LogP contribution in [0.4, 0.5) is 4.79 Å². The molecule has 1 aromatic carbocycles. The number of carboxylic acids is 1. The van der Waals surface area contributed by atoms with Crippen molar-refractivity contribution >= 4 is 12.0 Å². The van der Waals surface area contributed by atoms with Crippen LogP contribution in [0.1, 0.15) is 38.7 Å². The van der Waals surface area contributed by atoms with Gasteiger partial charge in [0.15, 0.2) is 0 Å². The van der Waals surface area contributed by atoms with Gasteiger partial charge < -0.3 is 20.5 Å². The van der Waals surface area contributed by atoms with E-state index in [2.05, 4.69) is 10.6 Å². The summed E-state index contributed by atoms with van der Waals surface area (Å²) >= 11 is 0. The molecule has 1 unspecified atom stereocenters. The van der Waals surface area contributed by atoms with Crippen LogP contribution in [0, 0.1) is 0 Å². The number of hydrogen-bond acceptors (Lipinski definition) is 4. The third-order valence-corrected chi connectivity index (χ3v) is 5.11. The fourth-order valence-electron chi connectivity index (χ4n) is 3.38. The monoisotopic (exact) mass is 377 g/mol. The molecule has 7 nitrogen and oxygen atoms in total. The number of urea groups is 1. The van der Waals surface area contributed by atoms with E-state index < -0.39 is 5.97 Å². The van der Waals surface area contributed by atoms with E-state index in [1.807, 2.05) is 43.0 Å². The molecule has 1 saturated carbocycles. The van der Waals surface area contributed by atoms with Gasteiger partial charge in [0.2, 0.25) is 0 Å². The summed E-state index contributed by atoms with van der Waals surface area (Å²) in [6, 6.07) is 8.24. The first kappa shape index (κ1) is 21.0. The van der Waals surface area contributed by atoms with Crippen LogP contribution in [-0.2, 0) is 11.2 Å². The number of amides is 2. The zero-order valence-corrected chi connectivity index (χ0v) is 16.4. The molecule has 1 aromatic rings. The summed E-state index contributed by atoms with van der Waals surface area (Å²) in [7, 11) is 1.65. The first-order chi connectivity index (χ1) is 12.9. The summed E-state index contributed by atoms with van der Waals surface area (Å²) < 4.78 is 5.15. The van der Waals surface area contributed by atoms with E-state index in [0.717, 1.165) is 31.4 Å². The molecule has 27 heavy (non-hydrogen) atoms. The number of carboxylic acid groups (broad SMARTS) is 1. The molecule has 1 atom stereocenters. The van der Waals surface area contributed by atoms with Gasteiger partial charge in [-0.2, -0.15) is 0 Å². The van der Waals surface area contributed by atoms with Gasteiger partial charge in [-0.1, -0.05) is 19.1 Å². The lowest BCUT2D eigenvalue weighted by atomic mass is 9.85. The molecular weight excluding hydrogens is 346 g/mol. The lowest BCUT2D eigenvalue weighted by Crippen LogP contribution is -2.57. The highest BCUT2D eigenvalue weighted by molar-refractivity contribution is 5.74. The number of ether oxygens (including phenoxy) is 1. The Kier molecular flexibility index (Phi) is 7.91. The summed E-state index contributed by atoms with van der Waals surface area (Å²) in [6.07, 6.45) is 3.34. The number of aliphatic carboxylic acids is 1. The highest BCUT2D eigenvalue weighted by Crippen LogP contribution is 2.25. The zero-order valence-electron chi connectivity index (χ0n) is 16.4. The molecule has 2 amide bonds. The van der Waals surface area contributed by atoms with Crippen molar-refractivity contribution < 1.29 is 19.4 Å². The number of carbonyl (C=O) groups excluding carboxylic acids is 1. The minimum Gasteiger partial charge on any atom is -0.497 e. The van der Waals surface area contributed by atoms with Gasteiger partial charge in [-0.05, 0) is 56.8 Å². The molecule has 1 fully saturated rings. The molecule has 0 radical (unpaired) electrons. The minimum atomic E-state index is -0.809. The number of carbonyl (C=O) groups is 2. The van der Waals surface area contributed by atoms with Crippen LogP contribution >= 0.6 is 0 Å². The first-order valence-corrected chi connectivity index (χ1v) is 9.57. The van der Waals surface area contributed by atoms with Crippen LogP contribution in [-0.4, -0.2) is 60.3 Å². The van der Waals surface area contributed by atoms with E-state index in [9.17, 15) is 9.59 Å². The third-order valence-electron chi connectivity index (χ3n) is 5.11. The molecule has 2 rings (SSSR count). The Hall–Kier alpha value is -2.28. The Labute approximate surface area is 161 Å². The van der Waals surface area contributed by atoms with Gasteiger partial charge in [-0.25, -0.2) is 4.79 Å². The predicted molar refractivity (Wildman–Crippen MR) is 104 cm³/mol. The fraction of sp³-hybridized carbons (Fsp3) is 0.600. The van der Waals surface area contributed by atoms with Crippen LogP contribution in [0.2, 0.25) is 0 Å². The Morgan fingerprint density at radius 1 is 1.30 bits per heavy atom.